The van der Waals surface area contributed by atoms with Crippen LogP contribution in [-0.2, 0) is 16.4 Å². The van der Waals surface area contributed by atoms with Gasteiger partial charge in [-0.15, -0.1) is 0 Å². The highest BCUT2D eigenvalue weighted by molar-refractivity contribution is 7.89. The Hall–Kier alpha value is -1.89. The molecule has 2 aromatic rings. The maximum atomic E-state index is 12.6. The molecule has 0 radical (unpaired) electrons. The summed E-state index contributed by atoms with van der Waals surface area (Å²) in [5.74, 6) is -0.272. The van der Waals surface area contributed by atoms with Crippen molar-refractivity contribution in [1.29, 1.82) is 0 Å². The van der Waals surface area contributed by atoms with Crippen molar-refractivity contribution in [3.8, 4) is 0 Å². The van der Waals surface area contributed by atoms with E-state index in [4.69, 9.17) is 16.7 Å². The minimum absolute atomic E-state index is 0.000807. The molecule has 7 heteroatoms. The quantitative estimate of drug-likeness (QED) is 0.912. The number of halogens is 1. The zero-order valence-corrected chi connectivity index (χ0v) is 13.1. The highest BCUT2D eigenvalue weighted by Gasteiger charge is 2.26. The van der Waals surface area contributed by atoms with Gasteiger partial charge < -0.3 is 4.90 Å². The van der Waals surface area contributed by atoms with Gasteiger partial charge in [-0.1, -0.05) is 29.8 Å². The molecule has 0 atom stereocenters. The summed E-state index contributed by atoms with van der Waals surface area (Å²) in [7, 11) is -3.98. The van der Waals surface area contributed by atoms with Gasteiger partial charge in [-0.25, -0.2) is 13.6 Å². The lowest BCUT2D eigenvalue weighted by Gasteiger charge is -2.17. The van der Waals surface area contributed by atoms with Gasteiger partial charge in [-0.3, -0.25) is 4.79 Å². The summed E-state index contributed by atoms with van der Waals surface area (Å²) in [6, 6.07) is 11.7. The Bertz CT molecular complexity index is 865. The van der Waals surface area contributed by atoms with E-state index < -0.39 is 10.0 Å². The Morgan fingerprint density at radius 3 is 2.64 bits per heavy atom. The van der Waals surface area contributed by atoms with E-state index in [1.807, 2.05) is 24.3 Å². The maximum absolute atomic E-state index is 12.6. The lowest BCUT2D eigenvalue weighted by Crippen LogP contribution is -2.29. The first-order chi connectivity index (χ1) is 10.4. The molecule has 22 heavy (non-hydrogen) atoms. The summed E-state index contributed by atoms with van der Waals surface area (Å²) in [6.45, 7) is 0.561. The monoisotopic (exact) mass is 336 g/mol. The molecule has 0 spiro atoms. The fourth-order valence-corrected chi connectivity index (χ4v) is 3.63. The van der Waals surface area contributed by atoms with Gasteiger partial charge >= 0.3 is 0 Å². The molecule has 2 N–H and O–H groups in total. The van der Waals surface area contributed by atoms with E-state index in [1.165, 1.54) is 18.2 Å². The molecule has 1 heterocycles. The molecule has 1 aliphatic heterocycles. The van der Waals surface area contributed by atoms with E-state index in [0.717, 1.165) is 17.7 Å². The molecular formula is C15H13ClN2O3S. The zero-order chi connectivity index (χ0) is 15.9. The third-order valence-corrected chi connectivity index (χ3v) is 5.01. The molecule has 114 valence electrons. The van der Waals surface area contributed by atoms with E-state index in [9.17, 15) is 13.2 Å². The van der Waals surface area contributed by atoms with Crippen LogP contribution in [0.5, 0.6) is 0 Å². The number of amides is 1. The Kier molecular flexibility index (Phi) is 3.68. The topological polar surface area (TPSA) is 80.5 Å². The van der Waals surface area contributed by atoms with Crippen LogP contribution in [0.2, 0.25) is 5.02 Å². The van der Waals surface area contributed by atoms with Crippen molar-refractivity contribution in [2.75, 3.05) is 11.4 Å². The second-order valence-electron chi connectivity index (χ2n) is 5.03. The number of sulfonamides is 1. The minimum Gasteiger partial charge on any atom is -0.308 e. The first-order valence-corrected chi connectivity index (χ1v) is 8.52. The van der Waals surface area contributed by atoms with E-state index in [0.29, 0.717) is 6.54 Å². The van der Waals surface area contributed by atoms with Crippen LogP contribution in [-0.4, -0.2) is 20.9 Å². The minimum atomic E-state index is -3.98. The lowest BCUT2D eigenvalue weighted by molar-refractivity contribution is 0.0989. The van der Waals surface area contributed by atoms with Crippen molar-refractivity contribution >= 4 is 33.2 Å². The normalized spacial score (nSPS) is 14.0. The summed E-state index contributed by atoms with van der Waals surface area (Å²) >= 11 is 5.84. The van der Waals surface area contributed by atoms with Crippen molar-refractivity contribution in [3.63, 3.8) is 0 Å². The number of fused-ring (bicyclic) bond motifs is 1. The standard InChI is InChI=1S/C15H13ClN2O3S/c16-12-6-5-11(9-14(12)22(17,20)21)15(19)18-8-7-10-3-1-2-4-13(10)18/h1-6,9H,7-8H2,(H2,17,20,21). The molecule has 0 unspecified atom stereocenters. The zero-order valence-electron chi connectivity index (χ0n) is 11.5. The van der Waals surface area contributed by atoms with Crippen LogP contribution in [0.3, 0.4) is 0 Å². The third-order valence-electron chi connectivity index (χ3n) is 3.62. The SMILES string of the molecule is NS(=O)(=O)c1cc(C(=O)N2CCc3ccccc32)ccc1Cl. The number of carbonyl (C=O) groups is 1. The number of primary sulfonamides is 1. The first kappa shape index (κ1) is 15.0. The Morgan fingerprint density at radius 2 is 1.91 bits per heavy atom. The molecule has 0 saturated heterocycles. The molecule has 3 rings (SSSR count). The highest BCUT2D eigenvalue weighted by atomic mass is 35.5. The van der Waals surface area contributed by atoms with E-state index in [1.54, 1.807) is 4.90 Å². The summed E-state index contributed by atoms with van der Waals surface area (Å²) in [4.78, 5) is 14.0. The fraction of sp³-hybridized carbons (Fsp3) is 0.133. The number of anilines is 1. The van der Waals surface area contributed by atoms with E-state index in [-0.39, 0.29) is 21.4 Å². The number of carbonyl (C=O) groups excluding carboxylic acids is 1. The maximum Gasteiger partial charge on any atom is 0.258 e. The van der Waals surface area contributed by atoms with Gasteiger partial charge in [0.15, 0.2) is 0 Å². The summed E-state index contributed by atoms with van der Waals surface area (Å²) in [5, 5.41) is 5.12. The van der Waals surface area contributed by atoms with Crippen molar-refractivity contribution in [2.24, 2.45) is 5.14 Å². The summed E-state index contributed by atoms with van der Waals surface area (Å²) in [5.41, 5.74) is 2.18. The van der Waals surface area contributed by atoms with Gasteiger partial charge in [0.25, 0.3) is 5.91 Å². The van der Waals surface area contributed by atoms with Crippen LogP contribution in [0.4, 0.5) is 5.69 Å². The summed E-state index contributed by atoms with van der Waals surface area (Å²) in [6.07, 6.45) is 0.775. The van der Waals surface area contributed by atoms with Crippen molar-refractivity contribution < 1.29 is 13.2 Å². The van der Waals surface area contributed by atoms with Crippen LogP contribution < -0.4 is 10.0 Å². The van der Waals surface area contributed by atoms with Crippen LogP contribution in [0.1, 0.15) is 15.9 Å². The number of benzene rings is 2. The Labute approximate surface area is 133 Å². The number of nitrogens with zero attached hydrogens (tertiary/aromatic N) is 1. The average Bonchev–Trinajstić information content (AvgIpc) is 2.89. The van der Waals surface area contributed by atoms with Gasteiger partial charge in [-0.2, -0.15) is 0 Å². The number of rotatable bonds is 2. The van der Waals surface area contributed by atoms with Crippen LogP contribution >= 0.6 is 11.6 Å². The Balaban J connectivity index is 2.01. The largest absolute Gasteiger partial charge is 0.308 e. The van der Waals surface area contributed by atoms with E-state index in [2.05, 4.69) is 0 Å². The molecular weight excluding hydrogens is 324 g/mol. The van der Waals surface area contributed by atoms with Crippen molar-refractivity contribution in [1.82, 2.24) is 0 Å². The predicted octanol–water partition coefficient (Wildman–Crippen LogP) is 2.19. The van der Waals surface area contributed by atoms with Crippen molar-refractivity contribution in [2.45, 2.75) is 11.3 Å². The number of hydrogen-bond donors (Lipinski definition) is 1. The molecule has 0 aliphatic carbocycles. The first-order valence-electron chi connectivity index (χ1n) is 6.60. The summed E-state index contributed by atoms with van der Waals surface area (Å²) < 4.78 is 23.0. The molecule has 0 aromatic heterocycles. The highest BCUT2D eigenvalue weighted by Crippen LogP contribution is 2.30. The van der Waals surface area contributed by atoms with Crippen LogP contribution in [0, 0.1) is 0 Å². The van der Waals surface area contributed by atoms with Gasteiger partial charge in [0.05, 0.1) is 5.02 Å². The number of para-hydroxylation sites is 1. The fourth-order valence-electron chi connectivity index (χ4n) is 2.56. The van der Waals surface area contributed by atoms with Gasteiger partial charge in [0.1, 0.15) is 4.90 Å². The second-order valence-corrected chi connectivity index (χ2v) is 6.96. The average molecular weight is 337 g/mol. The van der Waals surface area contributed by atoms with Gasteiger partial charge in [0, 0.05) is 17.8 Å². The molecule has 1 aliphatic rings. The molecule has 2 aromatic carbocycles. The van der Waals surface area contributed by atoms with Gasteiger partial charge in [0.2, 0.25) is 10.0 Å². The van der Waals surface area contributed by atoms with Gasteiger partial charge in [-0.05, 0) is 36.2 Å². The molecule has 5 nitrogen and oxygen atoms in total. The smallest absolute Gasteiger partial charge is 0.258 e. The molecule has 0 saturated carbocycles. The second kappa shape index (κ2) is 5.39. The Morgan fingerprint density at radius 1 is 1.18 bits per heavy atom. The predicted molar refractivity (Wildman–Crippen MR) is 84.6 cm³/mol. The molecule has 1 amide bonds. The third kappa shape index (κ3) is 2.61. The number of hydrogen-bond acceptors (Lipinski definition) is 3. The number of nitrogens with two attached hydrogens (primary N) is 1. The van der Waals surface area contributed by atoms with Crippen LogP contribution in [0.25, 0.3) is 0 Å². The van der Waals surface area contributed by atoms with E-state index >= 15 is 0 Å². The lowest BCUT2D eigenvalue weighted by atomic mass is 10.1. The van der Waals surface area contributed by atoms with Crippen LogP contribution in [0.15, 0.2) is 47.4 Å². The molecule has 0 fully saturated rings. The van der Waals surface area contributed by atoms with Crippen molar-refractivity contribution in [3.05, 3.63) is 58.6 Å². The molecule has 0 bridgehead atoms.